The molecule has 0 aliphatic heterocycles. The normalized spacial score (nSPS) is 11.5. The first-order valence-electron chi connectivity index (χ1n) is 6.31. The van der Waals surface area contributed by atoms with E-state index in [0.717, 1.165) is 6.16 Å². The highest BCUT2D eigenvalue weighted by atomic mass is 31.2. The summed E-state index contributed by atoms with van der Waals surface area (Å²) in [5.74, 6) is 0.814. The predicted molar refractivity (Wildman–Crippen MR) is 76.9 cm³/mol. The Hall–Kier alpha value is -0.750. The fourth-order valence-corrected chi connectivity index (χ4v) is 5.20. The standard InChI is InChI=1S/C14H23O2P/c1-5-17(6-2,7-3)11-12-8-9-13(15)14(10-12)16-4/h8-10H,5-7,11H2,1-4H3/p+1. The molecule has 0 aromatic heterocycles. The van der Waals surface area contributed by atoms with Crippen molar-refractivity contribution < 1.29 is 9.84 Å². The van der Waals surface area contributed by atoms with Crippen LogP contribution in [0.3, 0.4) is 0 Å². The first-order chi connectivity index (χ1) is 8.10. The van der Waals surface area contributed by atoms with Crippen molar-refractivity contribution in [2.45, 2.75) is 26.9 Å². The Bertz CT molecular complexity index is 351. The van der Waals surface area contributed by atoms with Gasteiger partial charge in [0.25, 0.3) is 0 Å². The minimum Gasteiger partial charge on any atom is -0.504 e. The summed E-state index contributed by atoms with van der Waals surface area (Å²) in [6.07, 6.45) is 5.04. The van der Waals surface area contributed by atoms with Gasteiger partial charge in [0.05, 0.1) is 31.8 Å². The van der Waals surface area contributed by atoms with E-state index in [0.29, 0.717) is 5.75 Å². The van der Waals surface area contributed by atoms with Crippen molar-refractivity contribution in [2.24, 2.45) is 0 Å². The summed E-state index contributed by atoms with van der Waals surface area (Å²) >= 11 is 0. The summed E-state index contributed by atoms with van der Waals surface area (Å²) in [4.78, 5) is 0. The average Bonchev–Trinajstić information content (AvgIpc) is 2.38. The highest BCUT2D eigenvalue weighted by Crippen LogP contribution is 2.60. The Morgan fingerprint density at radius 1 is 1.12 bits per heavy atom. The van der Waals surface area contributed by atoms with Gasteiger partial charge in [0, 0.05) is 7.26 Å². The lowest BCUT2D eigenvalue weighted by Gasteiger charge is -2.23. The molecule has 0 aliphatic carbocycles. The lowest BCUT2D eigenvalue weighted by atomic mass is 10.2. The maximum Gasteiger partial charge on any atom is 0.160 e. The van der Waals surface area contributed by atoms with Crippen LogP contribution in [0.4, 0.5) is 0 Å². The largest absolute Gasteiger partial charge is 0.504 e. The zero-order chi connectivity index (χ0) is 12.9. The van der Waals surface area contributed by atoms with Crippen LogP contribution in [0, 0.1) is 0 Å². The van der Waals surface area contributed by atoms with Crippen LogP contribution in [-0.2, 0) is 6.16 Å². The van der Waals surface area contributed by atoms with Gasteiger partial charge >= 0.3 is 0 Å². The lowest BCUT2D eigenvalue weighted by Crippen LogP contribution is -2.06. The number of phenols is 1. The molecule has 0 atom stereocenters. The molecule has 0 bridgehead atoms. The third-order valence-electron chi connectivity index (χ3n) is 3.77. The van der Waals surface area contributed by atoms with E-state index < -0.39 is 7.26 Å². The number of aromatic hydroxyl groups is 1. The fourth-order valence-electron chi connectivity index (χ4n) is 2.21. The summed E-state index contributed by atoms with van der Waals surface area (Å²) in [7, 11) is 0.755. The highest BCUT2D eigenvalue weighted by molar-refractivity contribution is 7.75. The fraction of sp³-hybridized carbons (Fsp3) is 0.571. The van der Waals surface area contributed by atoms with Crippen molar-refractivity contribution in [1.29, 1.82) is 0 Å². The molecule has 0 radical (unpaired) electrons. The van der Waals surface area contributed by atoms with Crippen molar-refractivity contribution in [1.82, 2.24) is 0 Å². The van der Waals surface area contributed by atoms with Gasteiger partial charge in [-0.25, -0.2) is 0 Å². The van der Waals surface area contributed by atoms with E-state index in [1.54, 1.807) is 13.2 Å². The van der Waals surface area contributed by atoms with Gasteiger partial charge in [-0.1, -0.05) is 6.07 Å². The summed E-state index contributed by atoms with van der Waals surface area (Å²) in [6.45, 7) is 6.91. The monoisotopic (exact) mass is 255 g/mol. The summed E-state index contributed by atoms with van der Waals surface area (Å²) in [5.41, 5.74) is 1.29. The van der Waals surface area contributed by atoms with Crippen LogP contribution in [0.2, 0.25) is 0 Å². The second-order valence-corrected chi connectivity index (χ2v) is 9.35. The van der Waals surface area contributed by atoms with E-state index in [4.69, 9.17) is 4.74 Å². The molecular weight excluding hydrogens is 231 g/mol. The van der Waals surface area contributed by atoms with Crippen LogP contribution in [0.1, 0.15) is 26.3 Å². The molecule has 0 saturated carbocycles. The SMILES string of the molecule is CC[P+](CC)(CC)Cc1ccc(O)c(OC)c1. The van der Waals surface area contributed by atoms with E-state index in [2.05, 4.69) is 20.8 Å². The number of phenolic OH excluding ortho intramolecular Hbond substituents is 1. The van der Waals surface area contributed by atoms with E-state index >= 15 is 0 Å². The van der Waals surface area contributed by atoms with E-state index in [9.17, 15) is 5.11 Å². The van der Waals surface area contributed by atoms with Crippen LogP contribution in [0.5, 0.6) is 11.5 Å². The number of hydrogen-bond donors (Lipinski definition) is 1. The maximum atomic E-state index is 9.59. The van der Waals surface area contributed by atoms with Crippen molar-refractivity contribution in [3.8, 4) is 11.5 Å². The van der Waals surface area contributed by atoms with Crippen LogP contribution in [0.25, 0.3) is 0 Å². The molecule has 1 rings (SSSR count). The maximum absolute atomic E-state index is 9.59. The van der Waals surface area contributed by atoms with Crippen LogP contribution in [0.15, 0.2) is 18.2 Å². The van der Waals surface area contributed by atoms with Gasteiger partial charge in [-0.15, -0.1) is 0 Å². The molecule has 0 amide bonds. The Kier molecular flexibility index (Phi) is 5.27. The van der Waals surface area contributed by atoms with Gasteiger partial charge in [-0.2, -0.15) is 0 Å². The number of rotatable bonds is 6. The molecule has 1 aromatic rings. The summed E-state index contributed by atoms with van der Waals surface area (Å²) in [5, 5.41) is 9.59. The van der Waals surface area contributed by atoms with Crippen LogP contribution in [-0.4, -0.2) is 30.7 Å². The number of hydrogen-bond acceptors (Lipinski definition) is 2. The third-order valence-corrected chi connectivity index (χ3v) is 8.84. The molecule has 0 unspecified atom stereocenters. The van der Waals surface area contributed by atoms with Gasteiger partial charge in [0.1, 0.15) is 0 Å². The van der Waals surface area contributed by atoms with Gasteiger partial charge in [-0.05, 0) is 38.5 Å². The zero-order valence-corrected chi connectivity index (χ0v) is 12.3. The molecule has 3 heteroatoms. The summed E-state index contributed by atoms with van der Waals surface area (Å²) in [6, 6.07) is 5.74. The zero-order valence-electron chi connectivity index (χ0n) is 11.4. The number of ether oxygens (including phenoxy) is 1. The third kappa shape index (κ3) is 3.35. The molecular formula is C14H24O2P+. The smallest absolute Gasteiger partial charge is 0.160 e. The molecule has 1 N–H and O–H groups in total. The molecule has 0 fully saturated rings. The van der Waals surface area contributed by atoms with Crippen molar-refractivity contribution in [3.63, 3.8) is 0 Å². The van der Waals surface area contributed by atoms with Gasteiger partial charge in [-0.3, -0.25) is 0 Å². The van der Waals surface area contributed by atoms with Crippen molar-refractivity contribution >= 4 is 7.26 Å². The second kappa shape index (κ2) is 6.26. The molecule has 0 aliphatic rings. The molecule has 2 nitrogen and oxygen atoms in total. The molecule has 17 heavy (non-hydrogen) atoms. The molecule has 1 aromatic carbocycles. The Balaban J connectivity index is 2.94. The number of methoxy groups -OCH3 is 1. The van der Waals surface area contributed by atoms with Crippen LogP contribution >= 0.6 is 7.26 Å². The first kappa shape index (κ1) is 14.3. The topological polar surface area (TPSA) is 29.5 Å². The van der Waals surface area contributed by atoms with Gasteiger partial charge < -0.3 is 9.84 Å². The summed E-state index contributed by atoms with van der Waals surface area (Å²) < 4.78 is 5.16. The van der Waals surface area contributed by atoms with Gasteiger partial charge in [0.15, 0.2) is 11.5 Å². The van der Waals surface area contributed by atoms with E-state index in [1.807, 2.05) is 12.1 Å². The Morgan fingerprint density at radius 2 is 1.71 bits per heavy atom. The molecule has 96 valence electrons. The molecule has 0 heterocycles. The minimum atomic E-state index is -0.843. The Morgan fingerprint density at radius 3 is 2.18 bits per heavy atom. The number of benzene rings is 1. The average molecular weight is 255 g/mol. The Labute approximate surface area is 105 Å². The van der Waals surface area contributed by atoms with E-state index in [-0.39, 0.29) is 5.75 Å². The van der Waals surface area contributed by atoms with Gasteiger partial charge in [0.2, 0.25) is 0 Å². The van der Waals surface area contributed by atoms with Crippen LogP contribution < -0.4 is 4.74 Å². The van der Waals surface area contributed by atoms with E-state index in [1.165, 1.54) is 24.0 Å². The lowest BCUT2D eigenvalue weighted by molar-refractivity contribution is 0.373. The van der Waals surface area contributed by atoms with Crippen molar-refractivity contribution in [3.05, 3.63) is 23.8 Å². The first-order valence-corrected chi connectivity index (χ1v) is 8.84. The minimum absolute atomic E-state index is 0.227. The molecule has 0 saturated heterocycles. The predicted octanol–water partition coefficient (Wildman–Crippen LogP) is 3.98. The second-order valence-electron chi connectivity index (χ2n) is 4.45. The quantitative estimate of drug-likeness (QED) is 0.779. The molecule has 0 spiro atoms. The highest BCUT2D eigenvalue weighted by Gasteiger charge is 2.31. The van der Waals surface area contributed by atoms with Crippen molar-refractivity contribution in [2.75, 3.05) is 25.6 Å².